The fourth-order valence-electron chi connectivity index (χ4n) is 3.52. The van der Waals surface area contributed by atoms with E-state index in [0.29, 0.717) is 5.25 Å². The second-order valence-electron chi connectivity index (χ2n) is 5.95. The van der Waals surface area contributed by atoms with E-state index in [-0.39, 0.29) is 0 Å². The summed E-state index contributed by atoms with van der Waals surface area (Å²) in [5.74, 6) is 0. The quantitative estimate of drug-likeness (QED) is 0.856. The number of hydrogen-bond acceptors (Lipinski definition) is 3. The minimum absolute atomic E-state index is 0.662. The van der Waals surface area contributed by atoms with Crippen molar-refractivity contribution in [3.8, 4) is 0 Å². The van der Waals surface area contributed by atoms with E-state index in [0.717, 1.165) is 25.2 Å². The molecule has 1 atom stereocenters. The number of thioether (sulfide) groups is 1. The first kappa shape index (κ1) is 13.1. The summed E-state index contributed by atoms with van der Waals surface area (Å²) in [5, 5.41) is 0.662. The average molecular weight is 296 g/mol. The van der Waals surface area contributed by atoms with Crippen LogP contribution in [0, 0.1) is 0 Å². The van der Waals surface area contributed by atoms with Gasteiger partial charge in [0.2, 0.25) is 0 Å². The van der Waals surface area contributed by atoms with Crippen molar-refractivity contribution in [2.45, 2.75) is 29.4 Å². The van der Waals surface area contributed by atoms with E-state index in [9.17, 15) is 0 Å². The van der Waals surface area contributed by atoms with Gasteiger partial charge in [-0.25, -0.2) is 0 Å². The van der Waals surface area contributed by atoms with Gasteiger partial charge in [-0.3, -0.25) is 0 Å². The van der Waals surface area contributed by atoms with E-state index in [2.05, 4.69) is 41.3 Å². The van der Waals surface area contributed by atoms with Gasteiger partial charge in [0, 0.05) is 34.6 Å². The van der Waals surface area contributed by atoms with Crippen LogP contribution in [0.15, 0.2) is 47.4 Å². The van der Waals surface area contributed by atoms with Crippen LogP contribution in [0.1, 0.15) is 17.5 Å². The van der Waals surface area contributed by atoms with Crippen LogP contribution in [-0.2, 0) is 12.8 Å². The Bertz CT molecular complexity index is 643. The number of rotatable bonds is 2. The molecule has 0 saturated heterocycles. The van der Waals surface area contributed by atoms with E-state index >= 15 is 0 Å². The van der Waals surface area contributed by atoms with Crippen molar-refractivity contribution < 1.29 is 0 Å². The Hall–Kier alpha value is -1.61. The molecule has 0 amide bonds. The van der Waals surface area contributed by atoms with Crippen molar-refractivity contribution in [3.63, 3.8) is 0 Å². The van der Waals surface area contributed by atoms with Crippen molar-refractivity contribution in [2.75, 3.05) is 23.7 Å². The zero-order valence-electron chi connectivity index (χ0n) is 12.1. The minimum atomic E-state index is 0.662. The first-order valence-electron chi connectivity index (χ1n) is 7.68. The standard InChI is InChI=1S/C18H20N2S/c19-16-7-3-8-17-15(16)6-4-10-20(17)12-14-11-13-5-1-2-9-18(13)21-14/h1-3,5,7-9,14H,4,6,10-12,19H2. The van der Waals surface area contributed by atoms with Gasteiger partial charge in [-0.05, 0) is 48.6 Å². The monoisotopic (exact) mass is 296 g/mol. The van der Waals surface area contributed by atoms with E-state index < -0.39 is 0 Å². The Morgan fingerprint density at radius 2 is 2.05 bits per heavy atom. The normalized spacial score (nSPS) is 20.2. The number of nitrogen functional groups attached to an aromatic ring is 1. The summed E-state index contributed by atoms with van der Waals surface area (Å²) in [5.41, 5.74) is 11.3. The largest absolute Gasteiger partial charge is 0.398 e. The van der Waals surface area contributed by atoms with Gasteiger partial charge in [-0.2, -0.15) is 0 Å². The van der Waals surface area contributed by atoms with Gasteiger partial charge in [0.05, 0.1) is 0 Å². The van der Waals surface area contributed by atoms with E-state index in [1.165, 1.54) is 34.6 Å². The molecule has 0 spiro atoms. The molecule has 2 nitrogen and oxygen atoms in total. The molecule has 1 unspecified atom stereocenters. The van der Waals surface area contributed by atoms with Gasteiger partial charge in [-0.1, -0.05) is 24.3 Å². The summed E-state index contributed by atoms with van der Waals surface area (Å²) in [6, 6.07) is 15.2. The van der Waals surface area contributed by atoms with Gasteiger partial charge in [0.1, 0.15) is 0 Å². The third kappa shape index (κ3) is 2.40. The van der Waals surface area contributed by atoms with Crippen LogP contribution in [-0.4, -0.2) is 18.3 Å². The molecule has 2 aliphatic rings. The molecule has 4 rings (SSSR count). The maximum atomic E-state index is 6.15. The minimum Gasteiger partial charge on any atom is -0.398 e. The third-order valence-electron chi connectivity index (χ3n) is 4.52. The molecular weight excluding hydrogens is 276 g/mol. The fraction of sp³-hybridized carbons (Fsp3) is 0.333. The Balaban J connectivity index is 1.54. The van der Waals surface area contributed by atoms with Gasteiger partial charge in [-0.15, -0.1) is 11.8 Å². The number of nitrogens with zero attached hydrogens (tertiary/aromatic N) is 1. The van der Waals surface area contributed by atoms with E-state index in [1.54, 1.807) is 0 Å². The van der Waals surface area contributed by atoms with Gasteiger partial charge < -0.3 is 10.6 Å². The summed E-state index contributed by atoms with van der Waals surface area (Å²) in [4.78, 5) is 4.01. The Labute approximate surface area is 130 Å². The Morgan fingerprint density at radius 3 is 2.95 bits per heavy atom. The van der Waals surface area contributed by atoms with E-state index in [1.807, 2.05) is 17.8 Å². The van der Waals surface area contributed by atoms with Crippen molar-refractivity contribution in [2.24, 2.45) is 0 Å². The zero-order valence-corrected chi connectivity index (χ0v) is 12.9. The van der Waals surface area contributed by atoms with Crippen molar-refractivity contribution in [3.05, 3.63) is 53.6 Å². The van der Waals surface area contributed by atoms with Crippen LogP contribution >= 0.6 is 11.8 Å². The van der Waals surface area contributed by atoms with Crippen LogP contribution in [0.2, 0.25) is 0 Å². The smallest absolute Gasteiger partial charge is 0.0419 e. The molecule has 0 saturated carbocycles. The summed E-state index contributed by atoms with van der Waals surface area (Å²) in [6.07, 6.45) is 3.52. The number of fused-ring (bicyclic) bond motifs is 2. The Kier molecular flexibility index (Phi) is 3.30. The second kappa shape index (κ2) is 5.30. The molecule has 0 aliphatic carbocycles. The summed E-state index contributed by atoms with van der Waals surface area (Å²) >= 11 is 2.04. The number of benzene rings is 2. The van der Waals surface area contributed by atoms with Gasteiger partial charge in [0.25, 0.3) is 0 Å². The summed E-state index contributed by atoms with van der Waals surface area (Å²) in [6.45, 7) is 2.28. The first-order valence-corrected chi connectivity index (χ1v) is 8.56. The first-order chi connectivity index (χ1) is 10.3. The molecule has 2 aliphatic heterocycles. The third-order valence-corrected chi connectivity index (χ3v) is 5.82. The maximum absolute atomic E-state index is 6.15. The summed E-state index contributed by atoms with van der Waals surface area (Å²) in [7, 11) is 0. The molecule has 2 aromatic rings. The predicted molar refractivity (Wildman–Crippen MR) is 91.2 cm³/mol. The summed E-state index contributed by atoms with van der Waals surface area (Å²) < 4.78 is 0. The topological polar surface area (TPSA) is 29.3 Å². The molecule has 2 heterocycles. The highest BCUT2D eigenvalue weighted by Gasteiger charge is 2.26. The van der Waals surface area contributed by atoms with E-state index in [4.69, 9.17) is 5.73 Å². The molecule has 0 aromatic heterocycles. The molecule has 0 fully saturated rings. The van der Waals surface area contributed by atoms with Crippen LogP contribution < -0.4 is 10.6 Å². The highest BCUT2D eigenvalue weighted by molar-refractivity contribution is 8.00. The zero-order chi connectivity index (χ0) is 14.2. The van der Waals surface area contributed by atoms with Crippen molar-refractivity contribution in [1.82, 2.24) is 0 Å². The second-order valence-corrected chi connectivity index (χ2v) is 7.29. The molecule has 3 heteroatoms. The number of anilines is 2. The number of hydrogen-bond donors (Lipinski definition) is 1. The van der Waals surface area contributed by atoms with Crippen LogP contribution in [0.25, 0.3) is 0 Å². The van der Waals surface area contributed by atoms with Crippen molar-refractivity contribution in [1.29, 1.82) is 0 Å². The highest BCUT2D eigenvalue weighted by atomic mass is 32.2. The Morgan fingerprint density at radius 1 is 1.14 bits per heavy atom. The SMILES string of the molecule is Nc1cccc2c1CCCN2CC1Cc2ccccc2S1. The molecule has 21 heavy (non-hydrogen) atoms. The van der Waals surface area contributed by atoms with Crippen molar-refractivity contribution >= 4 is 23.1 Å². The van der Waals surface area contributed by atoms with Gasteiger partial charge >= 0.3 is 0 Å². The van der Waals surface area contributed by atoms with Gasteiger partial charge in [0.15, 0.2) is 0 Å². The lowest BCUT2D eigenvalue weighted by Crippen LogP contribution is -2.35. The maximum Gasteiger partial charge on any atom is 0.0419 e. The lowest BCUT2D eigenvalue weighted by molar-refractivity contribution is 0.676. The molecule has 0 radical (unpaired) electrons. The molecule has 2 N–H and O–H groups in total. The molecule has 0 bridgehead atoms. The van der Waals surface area contributed by atoms with Crippen LogP contribution in [0.4, 0.5) is 11.4 Å². The predicted octanol–water partition coefficient (Wildman–Crippen LogP) is 3.74. The molecule has 2 aromatic carbocycles. The number of nitrogens with two attached hydrogens (primary N) is 1. The lowest BCUT2D eigenvalue weighted by Gasteiger charge is -2.33. The van der Waals surface area contributed by atoms with Crippen LogP contribution in [0.3, 0.4) is 0 Å². The van der Waals surface area contributed by atoms with Crippen LogP contribution in [0.5, 0.6) is 0 Å². The lowest BCUT2D eigenvalue weighted by atomic mass is 9.99. The highest BCUT2D eigenvalue weighted by Crippen LogP contribution is 2.39. The molecule has 108 valence electrons. The molecular formula is C18H20N2S. The average Bonchev–Trinajstić information content (AvgIpc) is 2.90. The fourth-order valence-corrected chi connectivity index (χ4v) is 4.86.